The molecule has 0 spiro atoms. The molecule has 0 aromatic carbocycles. The summed E-state index contributed by atoms with van der Waals surface area (Å²) in [6, 6.07) is 5.34. The first-order chi connectivity index (χ1) is 27.8. The molecule has 2 heterocycles. The number of nitrogens with zero attached hydrogens (tertiary/aromatic N) is 3. The van der Waals surface area contributed by atoms with Gasteiger partial charge >= 0.3 is 5.97 Å². The number of nitriles is 1. The van der Waals surface area contributed by atoms with Crippen molar-refractivity contribution in [2.45, 2.75) is 124 Å². The van der Waals surface area contributed by atoms with Crippen molar-refractivity contribution in [1.82, 2.24) is 15.2 Å². The number of carboxylic acids is 1. The maximum Gasteiger partial charge on any atom is 0.313 e. The van der Waals surface area contributed by atoms with E-state index >= 15 is 0 Å². The number of sulfone groups is 1. The molecule has 7 aliphatic rings. The summed E-state index contributed by atoms with van der Waals surface area (Å²) in [4.78, 5) is 19.3. The van der Waals surface area contributed by atoms with Gasteiger partial charge < -0.3 is 20.1 Å². The third-order valence-corrected chi connectivity index (χ3v) is 20.4. The molecule has 4 unspecified atom stereocenters. The molecule has 0 bridgehead atoms. The van der Waals surface area contributed by atoms with Gasteiger partial charge in [0.1, 0.15) is 18.1 Å². The van der Waals surface area contributed by atoms with Crippen LogP contribution >= 0.6 is 0 Å². The molecular formula is C49H70N4O5S. The van der Waals surface area contributed by atoms with Crippen LogP contribution in [0.25, 0.3) is 0 Å². The first kappa shape index (κ1) is 42.7. The number of allylic oxidation sites excluding steroid dienone is 5. The molecule has 1 aromatic rings. The summed E-state index contributed by atoms with van der Waals surface area (Å²) >= 11 is 0. The van der Waals surface area contributed by atoms with E-state index in [1.54, 1.807) is 12.1 Å². The van der Waals surface area contributed by atoms with Crippen LogP contribution in [0, 0.1) is 68.0 Å². The van der Waals surface area contributed by atoms with E-state index in [0.29, 0.717) is 67.0 Å². The van der Waals surface area contributed by atoms with Gasteiger partial charge in [-0.3, -0.25) is 4.79 Å². The lowest BCUT2D eigenvalue weighted by atomic mass is 9.33. The van der Waals surface area contributed by atoms with Crippen molar-refractivity contribution >= 4 is 15.8 Å². The van der Waals surface area contributed by atoms with E-state index in [1.165, 1.54) is 74.3 Å². The number of fused-ring (bicyclic) bond motifs is 7. The fraction of sp³-hybridized carbons (Fsp3) is 0.735. The first-order valence-electron chi connectivity index (χ1n) is 22.8. The number of hydrogen-bond donors (Lipinski definition) is 2. The number of carbonyl (C=O) groups is 1. The molecule has 2 N–H and O–H groups in total. The fourth-order valence-electron chi connectivity index (χ4n) is 15.3. The molecule has 1 saturated heterocycles. The van der Waals surface area contributed by atoms with Crippen molar-refractivity contribution in [2.75, 3.05) is 44.3 Å². The van der Waals surface area contributed by atoms with Gasteiger partial charge in [0.25, 0.3) is 0 Å². The van der Waals surface area contributed by atoms with Crippen molar-refractivity contribution in [3.05, 3.63) is 59.3 Å². The van der Waals surface area contributed by atoms with Crippen LogP contribution in [0.2, 0.25) is 0 Å². The first-order valence-corrected chi connectivity index (χ1v) is 24.6. The molecule has 5 fully saturated rings. The Morgan fingerprint density at radius 2 is 1.75 bits per heavy atom. The van der Waals surface area contributed by atoms with Gasteiger partial charge in [0.2, 0.25) is 5.88 Å². The SMILES string of the molecule is C=C(C)[C@@H]1CC[C@]2(NCCN3CCS(=O)(=O)CC3)CC[C@]3(C)[C@H](CCC4[C@@]5(C)CC=C(C6=CCC(COc7ccc(C#N)cn7)(C(=O)O)CC6)C(C)(C)C5CC[C@]43C)C12. The summed E-state index contributed by atoms with van der Waals surface area (Å²) in [5.41, 5.74) is 4.32. The Kier molecular flexibility index (Phi) is 10.9. The molecule has 1 aliphatic heterocycles. The lowest BCUT2D eigenvalue weighted by molar-refractivity contribution is -0.221. The second-order valence-corrected chi connectivity index (χ2v) is 23.9. The molecule has 9 nitrogen and oxygen atoms in total. The number of rotatable bonds is 10. The normalized spacial score (nSPS) is 41.1. The molecule has 59 heavy (non-hydrogen) atoms. The molecule has 0 radical (unpaired) electrons. The van der Waals surface area contributed by atoms with Gasteiger partial charge in [0, 0.05) is 44.0 Å². The van der Waals surface area contributed by atoms with Crippen LogP contribution in [0.5, 0.6) is 5.88 Å². The maximum absolute atomic E-state index is 12.8. The summed E-state index contributed by atoms with van der Waals surface area (Å²) in [7, 11) is -2.88. The summed E-state index contributed by atoms with van der Waals surface area (Å²) in [6.07, 6.45) is 18.9. The van der Waals surface area contributed by atoms with Gasteiger partial charge in [-0.05, 0) is 152 Å². The summed E-state index contributed by atoms with van der Waals surface area (Å²) in [5, 5.41) is 23.8. The molecule has 4 saturated carbocycles. The number of aromatic nitrogens is 1. The van der Waals surface area contributed by atoms with Crippen LogP contribution in [0.15, 0.2) is 53.8 Å². The Balaban J connectivity index is 1.000. The monoisotopic (exact) mass is 827 g/mol. The van der Waals surface area contributed by atoms with Crippen molar-refractivity contribution in [3.63, 3.8) is 0 Å². The minimum Gasteiger partial charge on any atom is -0.481 e. The average Bonchev–Trinajstić information content (AvgIpc) is 3.58. The molecule has 10 atom stereocenters. The van der Waals surface area contributed by atoms with Crippen molar-refractivity contribution in [2.24, 2.45) is 56.7 Å². The Bertz CT molecular complexity index is 2040. The Morgan fingerprint density at radius 1 is 0.983 bits per heavy atom. The zero-order valence-electron chi connectivity index (χ0n) is 36.7. The molecule has 8 rings (SSSR count). The van der Waals surface area contributed by atoms with E-state index in [0.717, 1.165) is 25.9 Å². The second kappa shape index (κ2) is 15.1. The lowest BCUT2D eigenvalue weighted by Crippen LogP contribution is -2.68. The van der Waals surface area contributed by atoms with Crippen LogP contribution in [-0.4, -0.2) is 79.2 Å². The van der Waals surface area contributed by atoms with E-state index in [9.17, 15) is 18.3 Å². The van der Waals surface area contributed by atoms with Gasteiger partial charge in [-0.15, -0.1) is 0 Å². The van der Waals surface area contributed by atoms with Crippen LogP contribution in [-0.2, 0) is 14.6 Å². The summed E-state index contributed by atoms with van der Waals surface area (Å²) in [5.74, 6) is 3.05. The molecule has 10 heteroatoms. The number of ether oxygens (including phenoxy) is 1. The number of aliphatic carboxylic acids is 1. The van der Waals surface area contributed by atoms with E-state index in [2.05, 4.69) is 81.5 Å². The van der Waals surface area contributed by atoms with Gasteiger partial charge in [-0.2, -0.15) is 5.26 Å². The Hall–Kier alpha value is -3.00. The predicted molar refractivity (Wildman–Crippen MR) is 232 cm³/mol. The summed E-state index contributed by atoms with van der Waals surface area (Å²) < 4.78 is 30.1. The third kappa shape index (κ3) is 6.96. The molecular weight excluding hydrogens is 757 g/mol. The van der Waals surface area contributed by atoms with E-state index < -0.39 is 21.2 Å². The zero-order chi connectivity index (χ0) is 42.2. The van der Waals surface area contributed by atoms with Gasteiger partial charge in [-0.1, -0.05) is 58.9 Å². The highest BCUT2D eigenvalue weighted by atomic mass is 32.2. The lowest BCUT2D eigenvalue weighted by Gasteiger charge is -2.72. The predicted octanol–water partition coefficient (Wildman–Crippen LogP) is 8.78. The number of pyridine rings is 1. The van der Waals surface area contributed by atoms with Gasteiger partial charge in [0.15, 0.2) is 9.84 Å². The quantitative estimate of drug-likeness (QED) is 0.222. The van der Waals surface area contributed by atoms with Gasteiger partial charge in [-0.25, -0.2) is 13.4 Å². The minimum atomic E-state index is -2.88. The number of hydrogen-bond acceptors (Lipinski definition) is 8. The topological polar surface area (TPSA) is 133 Å². The summed E-state index contributed by atoms with van der Waals surface area (Å²) in [6.45, 7) is 23.1. The second-order valence-electron chi connectivity index (χ2n) is 21.6. The largest absolute Gasteiger partial charge is 0.481 e. The van der Waals surface area contributed by atoms with E-state index in [4.69, 9.17) is 10.00 Å². The molecule has 322 valence electrons. The third-order valence-electron chi connectivity index (χ3n) is 18.8. The maximum atomic E-state index is 12.8. The zero-order valence-corrected chi connectivity index (χ0v) is 37.6. The van der Waals surface area contributed by atoms with Crippen molar-refractivity contribution in [1.29, 1.82) is 5.26 Å². The fourth-order valence-corrected chi connectivity index (χ4v) is 16.6. The minimum absolute atomic E-state index is 0.0231. The van der Waals surface area contributed by atoms with Crippen LogP contribution in [0.4, 0.5) is 0 Å². The van der Waals surface area contributed by atoms with E-state index in [1.807, 2.05) is 0 Å². The van der Waals surface area contributed by atoms with Crippen molar-refractivity contribution < 1.29 is 23.1 Å². The smallest absolute Gasteiger partial charge is 0.313 e. The van der Waals surface area contributed by atoms with Crippen LogP contribution < -0.4 is 10.1 Å². The Morgan fingerprint density at radius 3 is 2.39 bits per heavy atom. The molecule has 6 aliphatic carbocycles. The number of carboxylic acid groups (broad SMARTS) is 1. The van der Waals surface area contributed by atoms with Crippen LogP contribution in [0.1, 0.15) is 124 Å². The highest BCUT2D eigenvalue weighted by molar-refractivity contribution is 7.91. The van der Waals surface area contributed by atoms with Gasteiger partial charge in [0.05, 0.1) is 17.1 Å². The molecule has 0 amide bonds. The highest BCUT2D eigenvalue weighted by Gasteiger charge is 2.70. The van der Waals surface area contributed by atoms with Crippen LogP contribution in [0.3, 0.4) is 0 Å². The highest BCUT2D eigenvalue weighted by Crippen LogP contribution is 2.76. The standard InChI is InChI=1S/C49H70N4O5S/c1-33(2)36-14-21-49(52-24-25-53-26-28-59(56,57)29-27-53)23-22-46(6)38(42(36)49)9-10-40-45(5)17-15-37(44(3,4)39(45)16-18-47(40,46)7)35-12-19-48(20-13-35,43(54)55)32-58-41-11-8-34(30-50)31-51-41/h8,11-12,15,31,36,38-40,42,52H,1,9-10,13-14,16-29,32H2,2-7H3,(H,54,55)/t36-,38+,39?,40?,42?,45-,46+,47+,48?,49-/m0/s1. The Labute approximate surface area is 354 Å². The average molecular weight is 827 g/mol. The van der Waals surface area contributed by atoms with E-state index in [-0.39, 0.29) is 45.3 Å². The molecule has 1 aromatic heterocycles. The van der Waals surface area contributed by atoms with Crippen molar-refractivity contribution in [3.8, 4) is 11.9 Å². The number of nitrogens with one attached hydrogen (secondary N) is 1.